The van der Waals surface area contributed by atoms with Crippen molar-refractivity contribution in [2.45, 2.75) is 32.2 Å². The van der Waals surface area contributed by atoms with E-state index in [1.165, 1.54) is 30.3 Å². The highest BCUT2D eigenvalue weighted by molar-refractivity contribution is 5.85. The average Bonchev–Trinajstić information content (AvgIpc) is 3.00. The molecular weight excluding hydrogens is 344 g/mol. The Morgan fingerprint density at radius 1 is 1.16 bits per heavy atom. The first-order valence-corrected chi connectivity index (χ1v) is 8.36. The van der Waals surface area contributed by atoms with Crippen molar-refractivity contribution in [2.75, 3.05) is 20.1 Å². The third-order valence-corrected chi connectivity index (χ3v) is 4.65. The molecule has 0 radical (unpaired) electrons. The number of imidazole rings is 1. The number of halogens is 1. The van der Waals surface area contributed by atoms with Crippen molar-refractivity contribution in [1.29, 1.82) is 0 Å². The summed E-state index contributed by atoms with van der Waals surface area (Å²) in [6.07, 6.45) is 5.95. The molecule has 2 aromatic heterocycles. The largest absolute Gasteiger partial charge is 0.363 e. The minimum absolute atomic E-state index is 0. The maximum atomic E-state index is 12.4. The number of hydrogen-bond donors (Lipinski definition) is 0. The van der Waals surface area contributed by atoms with Crippen molar-refractivity contribution in [1.82, 2.24) is 23.6 Å². The molecule has 2 aromatic rings. The molecule has 0 saturated carbocycles. The number of rotatable bonds is 4. The zero-order valence-corrected chi connectivity index (χ0v) is 15.8. The van der Waals surface area contributed by atoms with Crippen LogP contribution in [0.4, 0.5) is 0 Å². The molecule has 0 unspecified atom stereocenters. The Hall–Kier alpha value is -2.09. The third kappa shape index (κ3) is 3.63. The van der Waals surface area contributed by atoms with Gasteiger partial charge in [0.2, 0.25) is 0 Å². The molecule has 8 nitrogen and oxygen atoms in total. The van der Waals surface area contributed by atoms with Gasteiger partial charge in [-0.05, 0) is 19.3 Å². The minimum Gasteiger partial charge on any atom is -0.363 e. The van der Waals surface area contributed by atoms with E-state index < -0.39 is 0 Å². The molecule has 0 spiro atoms. The van der Waals surface area contributed by atoms with Gasteiger partial charge >= 0.3 is 5.69 Å². The minimum atomic E-state index is -0.357. The van der Waals surface area contributed by atoms with Gasteiger partial charge in [0.1, 0.15) is 0 Å². The van der Waals surface area contributed by atoms with Gasteiger partial charge in [-0.25, -0.2) is 9.78 Å². The van der Waals surface area contributed by atoms with E-state index in [-0.39, 0.29) is 23.7 Å². The highest BCUT2D eigenvalue weighted by atomic mass is 35.5. The standard InChI is InChI=1S/C16H24N6O2.ClH/c1-19-9-5-4-7-12(19)17-8-6-10-22-11-18-14-13(22)15(23)21(3)16(24)20(14)2;/h11H,4-10H2,1-3H3;1H. The second-order valence-electron chi connectivity index (χ2n) is 6.35. The Morgan fingerprint density at radius 3 is 2.64 bits per heavy atom. The number of piperidine rings is 1. The lowest BCUT2D eigenvalue weighted by Gasteiger charge is -2.26. The van der Waals surface area contributed by atoms with E-state index in [9.17, 15) is 9.59 Å². The Balaban J connectivity index is 0.00000225. The molecule has 1 aliphatic rings. The second-order valence-corrected chi connectivity index (χ2v) is 6.35. The maximum absolute atomic E-state index is 12.4. The smallest absolute Gasteiger partial charge is 0.332 e. The molecule has 0 atom stereocenters. The van der Waals surface area contributed by atoms with Gasteiger partial charge < -0.3 is 9.47 Å². The normalized spacial score (nSPS) is 16.4. The van der Waals surface area contributed by atoms with E-state index in [1.54, 1.807) is 13.4 Å². The first-order chi connectivity index (χ1) is 11.5. The molecule has 138 valence electrons. The van der Waals surface area contributed by atoms with Crippen LogP contribution in [0, 0.1) is 0 Å². The summed E-state index contributed by atoms with van der Waals surface area (Å²) >= 11 is 0. The fraction of sp³-hybridized carbons (Fsp3) is 0.625. The van der Waals surface area contributed by atoms with E-state index in [1.807, 2.05) is 4.57 Å². The molecule has 0 N–H and O–H groups in total. The lowest BCUT2D eigenvalue weighted by atomic mass is 10.1. The van der Waals surface area contributed by atoms with Gasteiger partial charge in [-0.15, -0.1) is 12.4 Å². The van der Waals surface area contributed by atoms with E-state index >= 15 is 0 Å². The summed E-state index contributed by atoms with van der Waals surface area (Å²) in [5, 5.41) is 0. The molecule has 1 saturated heterocycles. The van der Waals surface area contributed by atoms with Gasteiger partial charge in [0.15, 0.2) is 11.2 Å². The van der Waals surface area contributed by atoms with E-state index in [2.05, 4.69) is 21.9 Å². The number of hydrogen-bond acceptors (Lipinski definition) is 4. The zero-order valence-electron chi connectivity index (χ0n) is 14.9. The molecule has 3 heterocycles. The monoisotopic (exact) mass is 368 g/mol. The molecule has 9 heteroatoms. The molecule has 1 fully saturated rings. The number of aryl methyl sites for hydroxylation is 2. The SMILES string of the molecule is CN1CCCCC1=NCCCn1cnc2c1c(=O)n(C)c(=O)n2C.Cl. The van der Waals surface area contributed by atoms with E-state index in [0.29, 0.717) is 17.7 Å². The number of amidine groups is 1. The van der Waals surface area contributed by atoms with Gasteiger partial charge in [0, 0.05) is 47.2 Å². The van der Waals surface area contributed by atoms with Crippen molar-refractivity contribution in [3.05, 3.63) is 27.2 Å². The molecular formula is C16H25ClN6O2. The lowest BCUT2D eigenvalue weighted by molar-refractivity contribution is 0.431. The highest BCUT2D eigenvalue weighted by Gasteiger charge is 2.14. The van der Waals surface area contributed by atoms with Crippen LogP contribution in [0.5, 0.6) is 0 Å². The Bertz CT molecular complexity index is 894. The van der Waals surface area contributed by atoms with Crippen LogP contribution in [-0.4, -0.2) is 49.6 Å². The fourth-order valence-electron chi connectivity index (χ4n) is 3.17. The Morgan fingerprint density at radius 2 is 1.92 bits per heavy atom. The van der Waals surface area contributed by atoms with Crippen molar-refractivity contribution in [3.8, 4) is 0 Å². The summed E-state index contributed by atoms with van der Waals surface area (Å²) in [6, 6.07) is 0. The van der Waals surface area contributed by atoms with Gasteiger partial charge in [0.25, 0.3) is 5.56 Å². The van der Waals surface area contributed by atoms with Crippen molar-refractivity contribution >= 4 is 29.4 Å². The maximum Gasteiger partial charge on any atom is 0.332 e. The van der Waals surface area contributed by atoms with Crippen LogP contribution >= 0.6 is 12.4 Å². The predicted molar refractivity (Wildman–Crippen MR) is 101 cm³/mol. The summed E-state index contributed by atoms with van der Waals surface area (Å²) in [4.78, 5) is 35.4. The zero-order chi connectivity index (χ0) is 17.3. The summed E-state index contributed by atoms with van der Waals surface area (Å²) in [7, 11) is 5.21. The first kappa shape index (κ1) is 19.2. The first-order valence-electron chi connectivity index (χ1n) is 8.36. The summed E-state index contributed by atoms with van der Waals surface area (Å²) in [5.74, 6) is 1.18. The lowest BCUT2D eigenvalue weighted by Crippen LogP contribution is -2.37. The molecule has 0 amide bonds. The fourth-order valence-corrected chi connectivity index (χ4v) is 3.17. The van der Waals surface area contributed by atoms with Crippen molar-refractivity contribution < 1.29 is 0 Å². The van der Waals surface area contributed by atoms with Crippen LogP contribution in [-0.2, 0) is 20.6 Å². The van der Waals surface area contributed by atoms with Crippen LogP contribution < -0.4 is 11.2 Å². The van der Waals surface area contributed by atoms with Crippen LogP contribution in [0.15, 0.2) is 20.9 Å². The summed E-state index contributed by atoms with van der Waals surface area (Å²) < 4.78 is 4.35. The van der Waals surface area contributed by atoms with Crippen molar-refractivity contribution in [2.24, 2.45) is 19.1 Å². The van der Waals surface area contributed by atoms with Crippen LogP contribution in [0.2, 0.25) is 0 Å². The molecule has 1 aliphatic heterocycles. The molecule has 0 aromatic carbocycles. The number of aromatic nitrogens is 4. The average molecular weight is 369 g/mol. The Kier molecular flexibility index (Phi) is 6.05. The highest BCUT2D eigenvalue weighted by Crippen LogP contribution is 2.10. The van der Waals surface area contributed by atoms with Gasteiger partial charge in [-0.2, -0.15) is 0 Å². The topological polar surface area (TPSA) is 77.4 Å². The number of likely N-dealkylation sites (tertiary alicyclic amines) is 1. The molecule has 25 heavy (non-hydrogen) atoms. The van der Waals surface area contributed by atoms with Gasteiger partial charge in [-0.1, -0.05) is 0 Å². The second kappa shape index (κ2) is 7.86. The predicted octanol–water partition coefficient (Wildman–Crippen LogP) is 0.760. The van der Waals surface area contributed by atoms with Crippen LogP contribution in [0.25, 0.3) is 11.2 Å². The summed E-state index contributed by atoms with van der Waals surface area (Å²) in [6.45, 7) is 2.46. The van der Waals surface area contributed by atoms with Gasteiger partial charge in [-0.3, -0.25) is 18.9 Å². The number of fused-ring (bicyclic) bond motifs is 1. The van der Waals surface area contributed by atoms with Crippen LogP contribution in [0.1, 0.15) is 25.7 Å². The quantitative estimate of drug-likeness (QED) is 0.746. The van der Waals surface area contributed by atoms with Gasteiger partial charge in [0.05, 0.1) is 12.2 Å². The van der Waals surface area contributed by atoms with Crippen molar-refractivity contribution in [3.63, 3.8) is 0 Å². The number of nitrogens with zero attached hydrogens (tertiary/aromatic N) is 6. The Labute approximate surface area is 152 Å². The summed E-state index contributed by atoms with van der Waals surface area (Å²) in [5.41, 5.74) is 0.247. The molecule has 3 rings (SSSR count). The third-order valence-electron chi connectivity index (χ3n) is 4.65. The molecule has 0 aliphatic carbocycles. The van der Waals surface area contributed by atoms with E-state index in [0.717, 1.165) is 30.5 Å². The number of aliphatic imine (C=N–C) groups is 1. The molecule has 0 bridgehead atoms. The van der Waals surface area contributed by atoms with E-state index in [4.69, 9.17) is 0 Å². The van der Waals surface area contributed by atoms with Crippen LogP contribution in [0.3, 0.4) is 0 Å².